The summed E-state index contributed by atoms with van der Waals surface area (Å²) in [6.07, 6.45) is 2.25. The van der Waals surface area contributed by atoms with E-state index in [1.54, 1.807) is 26.8 Å². The molecule has 1 unspecified atom stereocenters. The van der Waals surface area contributed by atoms with Crippen LogP contribution in [0.5, 0.6) is 0 Å². The second kappa shape index (κ2) is 7.91. The molecule has 0 aliphatic heterocycles. The highest BCUT2D eigenvalue weighted by Crippen LogP contribution is 2.19. The molecule has 0 aliphatic rings. The number of hydrogen-bond donors (Lipinski definition) is 0. The van der Waals surface area contributed by atoms with Crippen LogP contribution in [0, 0.1) is 11.8 Å². The first-order valence-electron chi connectivity index (χ1n) is 5.52. The fourth-order valence-corrected chi connectivity index (χ4v) is 1.42. The maximum Gasteiger partial charge on any atom is 0.320 e. The van der Waals surface area contributed by atoms with E-state index in [1.165, 1.54) is 0 Å². The molecule has 0 aromatic rings. The molecule has 0 bridgehead atoms. The van der Waals surface area contributed by atoms with Gasteiger partial charge in [-0.2, -0.15) is 0 Å². The Balaban J connectivity index is 4.66. The summed E-state index contributed by atoms with van der Waals surface area (Å²) in [5.41, 5.74) is 0. The lowest BCUT2D eigenvalue weighted by molar-refractivity contribution is -0.164. The standard InChI is InChI=1S/C12H20O4/c1-5-8-9(4)10(11(13)15-6-2)12(14)16-7-3/h5,9-10H,1,6-8H2,2-4H3. The molecule has 4 heteroatoms. The Morgan fingerprint density at radius 3 is 1.94 bits per heavy atom. The van der Waals surface area contributed by atoms with E-state index in [-0.39, 0.29) is 19.1 Å². The minimum atomic E-state index is -0.849. The quantitative estimate of drug-likeness (QED) is 0.379. The summed E-state index contributed by atoms with van der Waals surface area (Å²) in [5.74, 6) is -2.04. The molecule has 0 rings (SSSR count). The van der Waals surface area contributed by atoms with E-state index in [1.807, 2.05) is 0 Å². The second-order valence-corrected chi connectivity index (χ2v) is 3.48. The van der Waals surface area contributed by atoms with Crippen LogP contribution in [-0.2, 0) is 19.1 Å². The zero-order chi connectivity index (χ0) is 12.6. The number of rotatable bonds is 7. The van der Waals surface area contributed by atoms with E-state index < -0.39 is 17.9 Å². The van der Waals surface area contributed by atoms with Crippen LogP contribution < -0.4 is 0 Å². The highest BCUT2D eigenvalue weighted by molar-refractivity contribution is 5.95. The summed E-state index contributed by atoms with van der Waals surface area (Å²) in [6, 6.07) is 0. The summed E-state index contributed by atoms with van der Waals surface area (Å²) in [4.78, 5) is 23.2. The van der Waals surface area contributed by atoms with Crippen molar-refractivity contribution in [1.82, 2.24) is 0 Å². The van der Waals surface area contributed by atoms with Gasteiger partial charge in [0.15, 0.2) is 5.92 Å². The number of carbonyl (C=O) groups is 2. The van der Waals surface area contributed by atoms with Crippen LogP contribution in [-0.4, -0.2) is 25.2 Å². The molecule has 92 valence electrons. The first-order chi connectivity index (χ1) is 7.58. The molecule has 0 radical (unpaired) electrons. The summed E-state index contributed by atoms with van der Waals surface area (Å²) in [5, 5.41) is 0. The maximum absolute atomic E-state index is 11.6. The monoisotopic (exact) mass is 228 g/mol. The van der Waals surface area contributed by atoms with Crippen molar-refractivity contribution in [1.29, 1.82) is 0 Å². The average Bonchev–Trinajstić information content (AvgIpc) is 2.19. The van der Waals surface area contributed by atoms with Crippen LogP contribution in [0.3, 0.4) is 0 Å². The number of carbonyl (C=O) groups excluding carboxylic acids is 2. The Bertz CT molecular complexity index is 229. The summed E-state index contributed by atoms with van der Waals surface area (Å²) >= 11 is 0. The Morgan fingerprint density at radius 1 is 1.19 bits per heavy atom. The van der Waals surface area contributed by atoms with Crippen LogP contribution in [0.4, 0.5) is 0 Å². The molecule has 0 aromatic carbocycles. The van der Waals surface area contributed by atoms with Crippen molar-refractivity contribution < 1.29 is 19.1 Å². The first-order valence-corrected chi connectivity index (χ1v) is 5.52. The molecule has 0 heterocycles. The third-order valence-electron chi connectivity index (χ3n) is 2.19. The van der Waals surface area contributed by atoms with Gasteiger partial charge in [-0.1, -0.05) is 13.0 Å². The van der Waals surface area contributed by atoms with E-state index in [0.717, 1.165) is 0 Å². The van der Waals surface area contributed by atoms with Gasteiger partial charge >= 0.3 is 11.9 Å². The van der Waals surface area contributed by atoms with Gasteiger partial charge in [0.25, 0.3) is 0 Å². The molecule has 0 amide bonds. The summed E-state index contributed by atoms with van der Waals surface area (Å²) in [7, 11) is 0. The summed E-state index contributed by atoms with van der Waals surface area (Å²) in [6.45, 7) is 9.33. The van der Waals surface area contributed by atoms with E-state index in [9.17, 15) is 9.59 Å². The number of hydrogen-bond acceptors (Lipinski definition) is 4. The molecule has 0 spiro atoms. The molecule has 1 atom stereocenters. The SMILES string of the molecule is C=CCC(C)C(C(=O)OCC)C(=O)OCC. The van der Waals surface area contributed by atoms with E-state index in [4.69, 9.17) is 9.47 Å². The van der Waals surface area contributed by atoms with Gasteiger partial charge in [-0.3, -0.25) is 9.59 Å². The van der Waals surface area contributed by atoms with Crippen molar-refractivity contribution in [2.75, 3.05) is 13.2 Å². The van der Waals surface area contributed by atoms with Crippen molar-refractivity contribution >= 4 is 11.9 Å². The molecule has 0 N–H and O–H groups in total. The third kappa shape index (κ3) is 4.47. The molecule has 0 saturated carbocycles. The van der Waals surface area contributed by atoms with Gasteiger partial charge < -0.3 is 9.47 Å². The number of esters is 2. The van der Waals surface area contributed by atoms with E-state index >= 15 is 0 Å². The Kier molecular flexibility index (Phi) is 7.25. The minimum absolute atomic E-state index is 0.157. The molecule has 0 fully saturated rings. The van der Waals surface area contributed by atoms with Crippen molar-refractivity contribution in [3.05, 3.63) is 12.7 Å². The maximum atomic E-state index is 11.6. The van der Waals surface area contributed by atoms with Gasteiger partial charge in [0.1, 0.15) is 0 Å². The Morgan fingerprint density at radius 2 is 1.62 bits per heavy atom. The second-order valence-electron chi connectivity index (χ2n) is 3.48. The molecule has 0 aromatic heterocycles. The predicted molar refractivity (Wildman–Crippen MR) is 60.7 cm³/mol. The lowest BCUT2D eigenvalue weighted by Gasteiger charge is -2.19. The van der Waals surface area contributed by atoms with Gasteiger partial charge in [-0.25, -0.2) is 0 Å². The Hall–Kier alpha value is -1.32. The fraction of sp³-hybridized carbons (Fsp3) is 0.667. The van der Waals surface area contributed by atoms with Gasteiger partial charge in [0, 0.05) is 0 Å². The third-order valence-corrected chi connectivity index (χ3v) is 2.19. The van der Waals surface area contributed by atoms with Crippen LogP contribution in [0.2, 0.25) is 0 Å². The van der Waals surface area contributed by atoms with E-state index in [0.29, 0.717) is 6.42 Å². The molecule has 0 saturated heterocycles. The Labute approximate surface area is 96.6 Å². The zero-order valence-corrected chi connectivity index (χ0v) is 10.2. The normalized spacial score (nSPS) is 12.0. The highest BCUT2D eigenvalue weighted by Gasteiger charge is 2.34. The smallest absolute Gasteiger partial charge is 0.320 e. The van der Waals surface area contributed by atoms with Gasteiger partial charge in [0.2, 0.25) is 0 Å². The molecular weight excluding hydrogens is 208 g/mol. The molecule has 4 nitrogen and oxygen atoms in total. The average molecular weight is 228 g/mol. The minimum Gasteiger partial charge on any atom is -0.465 e. The molecular formula is C12H20O4. The largest absolute Gasteiger partial charge is 0.465 e. The summed E-state index contributed by atoms with van der Waals surface area (Å²) < 4.78 is 9.73. The fourth-order valence-electron chi connectivity index (χ4n) is 1.42. The van der Waals surface area contributed by atoms with Crippen LogP contribution in [0.15, 0.2) is 12.7 Å². The van der Waals surface area contributed by atoms with Crippen molar-refractivity contribution in [2.24, 2.45) is 11.8 Å². The first kappa shape index (κ1) is 14.7. The van der Waals surface area contributed by atoms with Crippen molar-refractivity contribution in [2.45, 2.75) is 27.2 Å². The van der Waals surface area contributed by atoms with Crippen molar-refractivity contribution in [3.63, 3.8) is 0 Å². The van der Waals surface area contributed by atoms with Crippen LogP contribution in [0.25, 0.3) is 0 Å². The highest BCUT2D eigenvalue weighted by atomic mass is 16.6. The molecule has 16 heavy (non-hydrogen) atoms. The van der Waals surface area contributed by atoms with Crippen LogP contribution >= 0.6 is 0 Å². The predicted octanol–water partition coefficient (Wildman–Crippen LogP) is 1.94. The topological polar surface area (TPSA) is 52.6 Å². The lowest BCUT2D eigenvalue weighted by Crippen LogP contribution is -2.33. The lowest BCUT2D eigenvalue weighted by atomic mass is 9.91. The van der Waals surface area contributed by atoms with Gasteiger partial charge in [0.05, 0.1) is 13.2 Å². The zero-order valence-electron chi connectivity index (χ0n) is 10.2. The number of ether oxygens (including phenoxy) is 2. The van der Waals surface area contributed by atoms with Crippen LogP contribution in [0.1, 0.15) is 27.2 Å². The van der Waals surface area contributed by atoms with E-state index in [2.05, 4.69) is 6.58 Å². The number of allylic oxidation sites excluding steroid dienone is 1. The van der Waals surface area contributed by atoms with Gasteiger partial charge in [-0.05, 0) is 26.2 Å². The van der Waals surface area contributed by atoms with Crippen molar-refractivity contribution in [3.8, 4) is 0 Å². The van der Waals surface area contributed by atoms with Gasteiger partial charge in [-0.15, -0.1) is 6.58 Å². The molecule has 0 aliphatic carbocycles.